The maximum absolute atomic E-state index is 11.6. The Kier molecular flexibility index (Phi) is 13.7. The molecule has 1 saturated heterocycles. The molecule has 2 heterocycles. The summed E-state index contributed by atoms with van der Waals surface area (Å²) in [6.45, 7) is 4.84. The normalized spacial score (nSPS) is 22.7. The number of H-pyrrole nitrogens is 1. The number of aliphatic hydroxyl groups is 2. The first-order chi connectivity index (χ1) is 16.9. The Morgan fingerprint density at radius 1 is 1.14 bits per heavy atom. The average Bonchev–Trinajstić information content (AvgIpc) is 3.06. The zero-order valence-electron chi connectivity index (χ0n) is 19.9. The monoisotopic (exact) mass is 540 g/mol. The number of hydrogen-bond acceptors (Lipinski definition) is 12. The second-order valence-electron chi connectivity index (χ2n) is 7.28. The number of ether oxygens (including phenoxy) is 3. The van der Waals surface area contributed by atoms with Crippen molar-refractivity contribution in [1.82, 2.24) is 14.9 Å². The minimum Gasteiger partial charge on any atom is -0.466 e. The van der Waals surface area contributed by atoms with Crippen LogP contribution in [-0.4, -0.2) is 87.8 Å². The SMILES string of the molecule is CCOC(=O)CCNCCC(=O)OCC.NP(=O)(O)OC[C@H]1O[C@@H](n2ccc(=O)[nH]c2=O)[C@H](O)[C@@H]1O. The summed E-state index contributed by atoms with van der Waals surface area (Å²) in [6.07, 6.45) is -3.68. The second kappa shape index (κ2) is 15.6. The highest BCUT2D eigenvalue weighted by Gasteiger charge is 2.44. The van der Waals surface area contributed by atoms with Crippen LogP contribution in [0.3, 0.4) is 0 Å². The summed E-state index contributed by atoms with van der Waals surface area (Å²) in [5, 5.41) is 22.6. The van der Waals surface area contributed by atoms with Crippen LogP contribution < -0.4 is 22.1 Å². The summed E-state index contributed by atoms with van der Waals surface area (Å²) < 4.78 is 30.8. The molecule has 1 aromatic rings. The van der Waals surface area contributed by atoms with E-state index in [0.717, 1.165) is 16.8 Å². The van der Waals surface area contributed by atoms with Gasteiger partial charge in [0.05, 0.1) is 32.7 Å². The third kappa shape index (κ3) is 11.5. The predicted octanol–water partition coefficient (Wildman–Crippen LogP) is -2.29. The number of nitrogens with zero attached hydrogens (tertiary/aromatic N) is 1. The third-order valence-corrected chi connectivity index (χ3v) is 5.03. The van der Waals surface area contributed by atoms with E-state index in [9.17, 15) is 34.0 Å². The standard InChI is InChI=1S/C10H19NO4.C9H14N3O8P/c1-3-14-9(12)5-7-11-8-6-10(13)15-4-2;10-21(17,18)19-3-4-6(14)7(15)8(20-4)12-2-1-5(13)11-9(12)16/h11H,3-8H2,1-2H3;1-2,4,6-8,14-15H,3H2,(H3,10,17,18)(H,11,13,16)/t;4-,6-,7-,8-/m.1/s1. The Bertz CT molecular complexity index is 973. The molecule has 1 aliphatic rings. The fraction of sp³-hybridized carbons (Fsp3) is 0.684. The number of aromatic nitrogens is 2. The largest absolute Gasteiger partial charge is 0.466 e. The van der Waals surface area contributed by atoms with Crippen LogP contribution in [0.2, 0.25) is 0 Å². The van der Waals surface area contributed by atoms with Gasteiger partial charge in [-0.2, -0.15) is 0 Å². The van der Waals surface area contributed by atoms with Crippen LogP contribution in [0.5, 0.6) is 0 Å². The lowest BCUT2D eigenvalue weighted by Gasteiger charge is -2.16. The van der Waals surface area contributed by atoms with Crippen molar-refractivity contribution in [3.8, 4) is 0 Å². The van der Waals surface area contributed by atoms with Crippen LogP contribution in [0.1, 0.15) is 32.9 Å². The number of esters is 2. The smallest absolute Gasteiger partial charge is 0.400 e. The minimum atomic E-state index is -4.26. The number of carbonyl (C=O) groups is 2. The van der Waals surface area contributed by atoms with Crippen LogP contribution in [0, 0.1) is 0 Å². The topological polar surface area (TPSA) is 242 Å². The molecule has 17 heteroatoms. The molecule has 0 amide bonds. The van der Waals surface area contributed by atoms with Gasteiger partial charge in [-0.05, 0) is 13.8 Å². The molecule has 0 saturated carbocycles. The van der Waals surface area contributed by atoms with E-state index in [1.807, 2.05) is 4.98 Å². The molecular weight excluding hydrogens is 507 g/mol. The lowest BCUT2D eigenvalue weighted by Crippen LogP contribution is -2.37. The van der Waals surface area contributed by atoms with E-state index in [1.54, 1.807) is 13.8 Å². The molecule has 1 fully saturated rings. The van der Waals surface area contributed by atoms with E-state index in [4.69, 9.17) is 24.6 Å². The molecule has 5 atom stereocenters. The van der Waals surface area contributed by atoms with Crippen molar-refractivity contribution < 1.29 is 48.0 Å². The minimum absolute atomic E-state index is 0.221. The Hall–Kier alpha value is -2.43. The average molecular weight is 540 g/mol. The molecule has 0 bridgehead atoms. The van der Waals surface area contributed by atoms with Crippen molar-refractivity contribution in [2.75, 3.05) is 32.9 Å². The molecule has 1 aromatic heterocycles. The van der Waals surface area contributed by atoms with Gasteiger partial charge in [0.15, 0.2) is 6.23 Å². The van der Waals surface area contributed by atoms with E-state index in [-0.39, 0.29) is 11.9 Å². The van der Waals surface area contributed by atoms with Gasteiger partial charge < -0.3 is 34.6 Å². The predicted molar refractivity (Wildman–Crippen MR) is 123 cm³/mol. The fourth-order valence-electron chi connectivity index (χ4n) is 2.88. The van der Waals surface area contributed by atoms with E-state index in [0.29, 0.717) is 39.1 Å². The van der Waals surface area contributed by atoms with Crippen LogP contribution in [0.4, 0.5) is 0 Å². The zero-order valence-corrected chi connectivity index (χ0v) is 20.8. The molecular formula is C19H33N4O12P. The molecule has 16 nitrogen and oxygen atoms in total. The van der Waals surface area contributed by atoms with Gasteiger partial charge in [0.1, 0.15) is 18.3 Å². The highest BCUT2D eigenvalue weighted by atomic mass is 31.2. The van der Waals surface area contributed by atoms with Crippen molar-refractivity contribution >= 4 is 19.7 Å². The zero-order chi connectivity index (χ0) is 27.3. The van der Waals surface area contributed by atoms with Crippen molar-refractivity contribution in [3.05, 3.63) is 33.1 Å². The van der Waals surface area contributed by atoms with E-state index in [1.165, 1.54) is 0 Å². The van der Waals surface area contributed by atoms with Crippen LogP contribution in [-0.2, 0) is 32.9 Å². The molecule has 1 aliphatic heterocycles. The van der Waals surface area contributed by atoms with Gasteiger partial charge in [-0.15, -0.1) is 0 Å². The number of aliphatic hydroxyl groups excluding tert-OH is 2. The molecule has 206 valence electrons. The highest BCUT2D eigenvalue weighted by molar-refractivity contribution is 7.50. The van der Waals surface area contributed by atoms with E-state index < -0.39 is 50.1 Å². The lowest BCUT2D eigenvalue weighted by molar-refractivity contribution is -0.143. The van der Waals surface area contributed by atoms with Crippen LogP contribution in [0.25, 0.3) is 0 Å². The molecule has 0 aromatic carbocycles. The van der Waals surface area contributed by atoms with Gasteiger partial charge in [-0.25, -0.2) is 14.9 Å². The van der Waals surface area contributed by atoms with Crippen molar-refractivity contribution in [1.29, 1.82) is 0 Å². The summed E-state index contributed by atoms with van der Waals surface area (Å²) in [4.78, 5) is 55.1. The maximum Gasteiger partial charge on any atom is 0.400 e. The maximum atomic E-state index is 11.6. The first kappa shape index (κ1) is 31.6. The molecule has 2 rings (SSSR count). The van der Waals surface area contributed by atoms with Crippen molar-refractivity contribution in [3.63, 3.8) is 0 Å². The van der Waals surface area contributed by atoms with Gasteiger partial charge in [0, 0.05) is 25.4 Å². The molecule has 7 N–H and O–H groups in total. The lowest BCUT2D eigenvalue weighted by atomic mass is 10.1. The van der Waals surface area contributed by atoms with E-state index >= 15 is 0 Å². The number of nitrogens with one attached hydrogen (secondary N) is 2. The van der Waals surface area contributed by atoms with Crippen LogP contribution >= 0.6 is 7.75 Å². The van der Waals surface area contributed by atoms with Gasteiger partial charge in [-0.3, -0.25) is 28.5 Å². The van der Waals surface area contributed by atoms with Crippen molar-refractivity contribution in [2.45, 2.75) is 51.2 Å². The summed E-state index contributed by atoms with van der Waals surface area (Å²) in [5.41, 5.74) is 3.30. The van der Waals surface area contributed by atoms with E-state index in [2.05, 4.69) is 9.84 Å². The number of nitrogens with two attached hydrogens (primary N) is 1. The molecule has 1 unspecified atom stereocenters. The molecule has 36 heavy (non-hydrogen) atoms. The van der Waals surface area contributed by atoms with Gasteiger partial charge in [0.2, 0.25) is 0 Å². The quantitative estimate of drug-likeness (QED) is 0.0929. The molecule has 0 radical (unpaired) electrons. The first-order valence-electron chi connectivity index (χ1n) is 11.0. The number of carbonyl (C=O) groups excluding carboxylic acids is 2. The number of rotatable bonds is 12. The second-order valence-corrected chi connectivity index (χ2v) is 8.67. The van der Waals surface area contributed by atoms with Gasteiger partial charge in [-0.1, -0.05) is 0 Å². The Labute approximate surface area is 205 Å². The van der Waals surface area contributed by atoms with Gasteiger partial charge in [0.25, 0.3) is 5.56 Å². The van der Waals surface area contributed by atoms with Crippen molar-refractivity contribution in [2.24, 2.45) is 5.50 Å². The molecule has 0 spiro atoms. The van der Waals surface area contributed by atoms with Crippen LogP contribution in [0.15, 0.2) is 21.9 Å². The number of hydrogen-bond donors (Lipinski definition) is 6. The summed E-state index contributed by atoms with van der Waals surface area (Å²) in [7, 11) is -4.26. The number of aromatic amines is 1. The third-order valence-electron chi connectivity index (χ3n) is 4.51. The summed E-state index contributed by atoms with van der Waals surface area (Å²) in [5.74, 6) is -0.442. The summed E-state index contributed by atoms with van der Waals surface area (Å²) >= 11 is 0. The Morgan fingerprint density at radius 3 is 2.17 bits per heavy atom. The highest BCUT2D eigenvalue weighted by Crippen LogP contribution is 2.35. The Morgan fingerprint density at radius 2 is 1.69 bits per heavy atom. The summed E-state index contributed by atoms with van der Waals surface area (Å²) in [6, 6.07) is 1.04. The fourth-order valence-corrected chi connectivity index (χ4v) is 3.24. The van der Waals surface area contributed by atoms with Gasteiger partial charge >= 0.3 is 25.4 Å². The Balaban J connectivity index is 0.000000384. The molecule has 0 aliphatic carbocycles. The first-order valence-corrected chi connectivity index (χ1v) is 12.6.